The second kappa shape index (κ2) is 8.36. The number of rotatable bonds is 5. The van der Waals surface area contributed by atoms with Crippen molar-refractivity contribution in [3.05, 3.63) is 102 Å². The van der Waals surface area contributed by atoms with Crippen molar-refractivity contribution in [2.45, 2.75) is 19.0 Å². The fourth-order valence-electron chi connectivity index (χ4n) is 5.03. The van der Waals surface area contributed by atoms with Crippen LogP contribution >= 0.6 is 0 Å². The molecule has 0 fully saturated rings. The summed E-state index contributed by atoms with van der Waals surface area (Å²) in [7, 11) is 0. The van der Waals surface area contributed by atoms with Crippen LogP contribution in [0.25, 0.3) is 10.9 Å². The third-order valence-electron chi connectivity index (χ3n) is 6.61. The number of benzene rings is 3. The lowest BCUT2D eigenvalue weighted by Gasteiger charge is -2.41. The van der Waals surface area contributed by atoms with Crippen molar-refractivity contribution in [1.82, 2.24) is 9.88 Å². The van der Waals surface area contributed by atoms with Gasteiger partial charge in [-0.3, -0.25) is 24.3 Å². The van der Waals surface area contributed by atoms with Crippen molar-refractivity contribution in [2.75, 3.05) is 16.8 Å². The van der Waals surface area contributed by atoms with E-state index in [0.717, 1.165) is 16.5 Å². The first kappa shape index (κ1) is 21.0. The number of hydrogen-bond acceptors (Lipinski definition) is 4. The zero-order valence-corrected chi connectivity index (χ0v) is 18.8. The molecule has 0 aliphatic carbocycles. The molecule has 1 aromatic heterocycles. The van der Waals surface area contributed by atoms with Gasteiger partial charge in [0.1, 0.15) is 6.17 Å². The van der Waals surface area contributed by atoms with Crippen LogP contribution in [-0.2, 0) is 4.79 Å². The number of fused-ring (bicyclic) bond motifs is 6. The predicted molar refractivity (Wildman–Crippen MR) is 133 cm³/mol. The maximum absolute atomic E-state index is 13.5. The Hall–Kier alpha value is -4.52. The van der Waals surface area contributed by atoms with E-state index in [1.165, 1.54) is 0 Å². The van der Waals surface area contributed by atoms with Crippen molar-refractivity contribution in [3.8, 4) is 0 Å². The smallest absolute Gasteiger partial charge is 0.260 e. The number of nitrogens with zero attached hydrogens (tertiary/aromatic N) is 3. The Morgan fingerprint density at radius 1 is 0.857 bits per heavy atom. The lowest BCUT2D eigenvalue weighted by molar-refractivity contribution is -0.116. The summed E-state index contributed by atoms with van der Waals surface area (Å²) in [5, 5.41) is 3.85. The van der Waals surface area contributed by atoms with Gasteiger partial charge in [-0.25, -0.2) is 0 Å². The third kappa shape index (κ3) is 3.44. The first-order chi connectivity index (χ1) is 17.1. The van der Waals surface area contributed by atoms with Gasteiger partial charge in [-0.1, -0.05) is 36.4 Å². The van der Waals surface area contributed by atoms with Crippen LogP contribution in [0.4, 0.5) is 11.4 Å². The zero-order valence-electron chi connectivity index (χ0n) is 18.8. The Bertz CT molecular complexity index is 1490. The molecule has 35 heavy (non-hydrogen) atoms. The van der Waals surface area contributed by atoms with E-state index in [4.69, 9.17) is 0 Å². The number of nitrogens with one attached hydrogen (secondary N) is 1. The Morgan fingerprint density at radius 3 is 2.54 bits per heavy atom. The zero-order chi connectivity index (χ0) is 23.9. The highest BCUT2D eigenvalue weighted by Gasteiger charge is 2.47. The molecule has 4 aromatic rings. The molecule has 0 saturated heterocycles. The van der Waals surface area contributed by atoms with Crippen LogP contribution in [0.5, 0.6) is 0 Å². The highest BCUT2D eigenvalue weighted by Crippen LogP contribution is 2.45. The maximum atomic E-state index is 13.5. The van der Waals surface area contributed by atoms with E-state index >= 15 is 0 Å². The minimum atomic E-state index is -0.506. The van der Waals surface area contributed by atoms with Gasteiger partial charge in [-0.15, -0.1) is 0 Å². The number of para-hydroxylation sites is 1. The lowest BCUT2D eigenvalue weighted by atomic mass is 10.0. The molecular formula is C28H22N4O3. The van der Waals surface area contributed by atoms with Gasteiger partial charge < -0.3 is 10.2 Å². The van der Waals surface area contributed by atoms with E-state index in [2.05, 4.69) is 10.3 Å². The molecule has 2 aliphatic heterocycles. The monoisotopic (exact) mass is 462 g/mol. The van der Waals surface area contributed by atoms with Gasteiger partial charge in [-0.05, 0) is 48.9 Å². The minimum Gasteiger partial charge on any atom is -0.325 e. The van der Waals surface area contributed by atoms with Crippen LogP contribution in [0.2, 0.25) is 0 Å². The number of carbonyl (C=O) groups is 3. The highest BCUT2D eigenvalue weighted by molar-refractivity contribution is 6.16. The molecule has 1 atom stereocenters. The van der Waals surface area contributed by atoms with Crippen LogP contribution in [-0.4, -0.2) is 34.2 Å². The molecule has 0 saturated carbocycles. The van der Waals surface area contributed by atoms with Crippen molar-refractivity contribution in [2.24, 2.45) is 0 Å². The first-order valence-corrected chi connectivity index (χ1v) is 11.6. The van der Waals surface area contributed by atoms with Crippen molar-refractivity contribution < 1.29 is 14.4 Å². The van der Waals surface area contributed by atoms with Gasteiger partial charge in [0.2, 0.25) is 5.91 Å². The molecule has 0 spiro atoms. The van der Waals surface area contributed by atoms with Gasteiger partial charge in [0.15, 0.2) is 0 Å². The molecule has 1 N–H and O–H groups in total. The van der Waals surface area contributed by atoms with Crippen molar-refractivity contribution in [1.29, 1.82) is 0 Å². The molecular weight excluding hydrogens is 440 g/mol. The molecule has 3 aromatic carbocycles. The molecule has 172 valence electrons. The van der Waals surface area contributed by atoms with E-state index in [-0.39, 0.29) is 24.1 Å². The fourth-order valence-corrected chi connectivity index (χ4v) is 5.03. The number of anilines is 2. The van der Waals surface area contributed by atoms with Crippen LogP contribution in [0.15, 0.2) is 85.1 Å². The van der Waals surface area contributed by atoms with E-state index in [1.54, 1.807) is 34.2 Å². The van der Waals surface area contributed by atoms with E-state index < -0.39 is 6.17 Å². The van der Waals surface area contributed by atoms with Crippen LogP contribution in [0, 0.1) is 0 Å². The number of aromatic nitrogens is 1. The molecule has 0 radical (unpaired) electrons. The number of pyridine rings is 1. The fraction of sp³-hybridized carbons (Fsp3) is 0.143. The van der Waals surface area contributed by atoms with Gasteiger partial charge in [0.05, 0.1) is 22.5 Å². The van der Waals surface area contributed by atoms with E-state index in [9.17, 15) is 14.4 Å². The summed E-state index contributed by atoms with van der Waals surface area (Å²) < 4.78 is 0. The molecule has 7 heteroatoms. The molecule has 6 rings (SSSR count). The number of carbonyl (C=O) groups excluding carboxylic acids is 3. The summed E-state index contributed by atoms with van der Waals surface area (Å²) in [6, 6.07) is 24.0. The topological polar surface area (TPSA) is 82.6 Å². The molecule has 3 heterocycles. The summed E-state index contributed by atoms with van der Waals surface area (Å²) in [6.07, 6.45) is 1.92. The molecule has 1 unspecified atom stereocenters. The standard InChI is InChI=1S/C28H22N4O3/c33-25(30-23-13-5-12-22-20(23)11-6-16-29-22)15-7-17-31-26-18-8-1-2-9-19(18)28(35)32(26)24-14-4-3-10-21(24)27(31)34/h1-6,8-14,16,26H,7,15,17H2,(H,30,33). The third-order valence-corrected chi connectivity index (χ3v) is 6.61. The molecule has 0 bridgehead atoms. The van der Waals surface area contributed by atoms with Gasteiger partial charge in [-0.2, -0.15) is 0 Å². The second-order valence-corrected chi connectivity index (χ2v) is 8.68. The molecule has 7 nitrogen and oxygen atoms in total. The van der Waals surface area contributed by atoms with Crippen LogP contribution in [0.1, 0.15) is 45.3 Å². The summed E-state index contributed by atoms with van der Waals surface area (Å²) in [6.45, 7) is 0.348. The summed E-state index contributed by atoms with van der Waals surface area (Å²) in [5.41, 5.74) is 4.07. The summed E-state index contributed by atoms with van der Waals surface area (Å²) in [5.74, 6) is -0.379. The minimum absolute atomic E-state index is 0.113. The van der Waals surface area contributed by atoms with E-state index in [1.807, 2.05) is 60.7 Å². The Kier molecular flexibility index (Phi) is 5.03. The van der Waals surface area contributed by atoms with Crippen LogP contribution < -0.4 is 10.2 Å². The Morgan fingerprint density at radius 2 is 1.66 bits per heavy atom. The van der Waals surface area contributed by atoms with E-state index in [0.29, 0.717) is 35.5 Å². The van der Waals surface area contributed by atoms with Gasteiger partial charge in [0.25, 0.3) is 11.8 Å². The predicted octanol–water partition coefficient (Wildman–Crippen LogP) is 4.77. The largest absolute Gasteiger partial charge is 0.325 e. The molecule has 3 amide bonds. The highest BCUT2D eigenvalue weighted by atomic mass is 16.2. The normalized spacial score (nSPS) is 16.2. The Balaban J connectivity index is 1.22. The van der Waals surface area contributed by atoms with Gasteiger partial charge >= 0.3 is 0 Å². The average Bonchev–Trinajstić information content (AvgIpc) is 3.19. The molecule has 2 aliphatic rings. The van der Waals surface area contributed by atoms with Gasteiger partial charge in [0, 0.05) is 35.7 Å². The summed E-state index contributed by atoms with van der Waals surface area (Å²) in [4.78, 5) is 47.2. The van der Waals surface area contributed by atoms with Crippen molar-refractivity contribution >= 4 is 40.0 Å². The number of amides is 3. The second-order valence-electron chi connectivity index (χ2n) is 8.68. The number of hydrogen-bond donors (Lipinski definition) is 1. The Labute approximate surface area is 202 Å². The lowest BCUT2D eigenvalue weighted by Crippen LogP contribution is -2.48. The maximum Gasteiger partial charge on any atom is 0.260 e. The summed E-state index contributed by atoms with van der Waals surface area (Å²) >= 11 is 0. The SMILES string of the molecule is O=C(CCCN1C(=O)c2ccccc2N2C(=O)c3ccccc3C12)Nc1cccc2ncccc12. The quantitative estimate of drug-likeness (QED) is 0.463. The van der Waals surface area contributed by atoms with Crippen LogP contribution in [0.3, 0.4) is 0 Å². The first-order valence-electron chi connectivity index (χ1n) is 11.6. The van der Waals surface area contributed by atoms with Crippen molar-refractivity contribution in [3.63, 3.8) is 0 Å². The average molecular weight is 463 g/mol.